The summed E-state index contributed by atoms with van der Waals surface area (Å²) in [7, 11) is 0. The predicted molar refractivity (Wildman–Crippen MR) is 110 cm³/mol. The second kappa shape index (κ2) is 8.86. The van der Waals surface area contributed by atoms with E-state index in [0.717, 1.165) is 16.0 Å². The van der Waals surface area contributed by atoms with E-state index >= 15 is 0 Å². The minimum Gasteiger partial charge on any atom is -0.487 e. The highest BCUT2D eigenvalue weighted by atomic mass is 16.6. The summed E-state index contributed by atoms with van der Waals surface area (Å²) in [4.78, 5) is 26.0. The minimum absolute atomic E-state index is 0.0169. The molecule has 0 bridgehead atoms. The molecule has 1 heterocycles. The monoisotopic (exact) mass is 405 g/mol. The summed E-state index contributed by atoms with van der Waals surface area (Å²) in [5.41, 5.74) is 0.345. The van der Waals surface area contributed by atoms with E-state index in [0.29, 0.717) is 12.2 Å². The number of carbonyl (C=O) groups excluding carboxylic acids is 2. The first-order valence-electron chi connectivity index (χ1n) is 9.69. The molecule has 0 aromatic heterocycles. The molecule has 1 aromatic carbocycles. The van der Waals surface area contributed by atoms with Crippen LogP contribution in [0.4, 0.5) is 9.59 Å². The highest BCUT2D eigenvalue weighted by Gasteiger charge is 2.30. The zero-order valence-corrected chi connectivity index (χ0v) is 18.0. The van der Waals surface area contributed by atoms with Crippen LogP contribution in [0.3, 0.4) is 0 Å². The Hall–Kier alpha value is -2.54. The van der Waals surface area contributed by atoms with Gasteiger partial charge < -0.3 is 19.3 Å². The number of nitrogens with zero attached hydrogens (tertiary/aromatic N) is 1. The van der Waals surface area contributed by atoms with Gasteiger partial charge in [-0.2, -0.15) is 0 Å². The number of hydrogen-bond donors (Lipinski definition) is 1. The minimum atomic E-state index is -0.772. The predicted octanol–water partition coefficient (Wildman–Crippen LogP) is 4.17. The van der Waals surface area contributed by atoms with Crippen LogP contribution in [0.25, 0.3) is 6.08 Å². The van der Waals surface area contributed by atoms with Crippen molar-refractivity contribution in [1.29, 1.82) is 0 Å². The summed E-state index contributed by atoms with van der Waals surface area (Å²) in [6, 6.07) is 5.73. The Balaban J connectivity index is 2.17. The van der Waals surface area contributed by atoms with Gasteiger partial charge in [0.15, 0.2) is 0 Å². The first-order valence-corrected chi connectivity index (χ1v) is 9.69. The number of imide groups is 1. The van der Waals surface area contributed by atoms with Crippen molar-refractivity contribution < 1.29 is 28.9 Å². The molecule has 7 nitrogen and oxygen atoms in total. The van der Waals surface area contributed by atoms with Crippen LogP contribution in [-0.4, -0.2) is 52.7 Å². The van der Waals surface area contributed by atoms with Crippen molar-refractivity contribution in [3.63, 3.8) is 0 Å². The van der Waals surface area contributed by atoms with Gasteiger partial charge in [-0.1, -0.05) is 30.4 Å². The summed E-state index contributed by atoms with van der Waals surface area (Å²) < 4.78 is 16.5. The fourth-order valence-electron chi connectivity index (χ4n) is 2.74. The van der Waals surface area contributed by atoms with Crippen molar-refractivity contribution in [2.45, 2.75) is 65.3 Å². The third-order valence-corrected chi connectivity index (χ3v) is 3.88. The molecule has 0 saturated heterocycles. The lowest BCUT2D eigenvalue weighted by molar-refractivity contribution is 0.00377. The van der Waals surface area contributed by atoms with E-state index in [1.807, 2.05) is 18.2 Å². The molecule has 1 atom stereocenters. The average Bonchev–Trinajstić information content (AvgIpc) is 2.99. The molecule has 1 aliphatic heterocycles. The van der Waals surface area contributed by atoms with Crippen molar-refractivity contribution in [1.82, 2.24) is 4.90 Å². The van der Waals surface area contributed by atoms with Crippen LogP contribution >= 0.6 is 0 Å². The Morgan fingerprint density at radius 1 is 1.14 bits per heavy atom. The molecule has 2 rings (SSSR count). The molecule has 0 aliphatic carbocycles. The summed E-state index contributed by atoms with van der Waals surface area (Å²) in [6.07, 6.45) is 2.31. The Morgan fingerprint density at radius 2 is 1.72 bits per heavy atom. The maximum atomic E-state index is 12.5. The molecule has 1 unspecified atom stereocenters. The van der Waals surface area contributed by atoms with Gasteiger partial charge in [0.2, 0.25) is 0 Å². The number of hydrogen-bond acceptors (Lipinski definition) is 6. The summed E-state index contributed by atoms with van der Waals surface area (Å²) in [5, 5.41) is 9.33. The van der Waals surface area contributed by atoms with E-state index in [-0.39, 0.29) is 19.3 Å². The van der Waals surface area contributed by atoms with Gasteiger partial charge in [0.1, 0.15) is 23.1 Å². The number of rotatable bonds is 4. The number of ether oxygens (including phenoxy) is 3. The third kappa shape index (κ3) is 6.78. The van der Waals surface area contributed by atoms with Crippen LogP contribution < -0.4 is 4.74 Å². The van der Waals surface area contributed by atoms with Gasteiger partial charge in [0.05, 0.1) is 13.2 Å². The second-order valence-electron chi connectivity index (χ2n) is 8.94. The van der Waals surface area contributed by atoms with Crippen LogP contribution in [0.15, 0.2) is 24.3 Å². The fraction of sp³-hybridized carbons (Fsp3) is 0.545. The van der Waals surface area contributed by atoms with Crippen molar-refractivity contribution in [2.24, 2.45) is 0 Å². The third-order valence-electron chi connectivity index (χ3n) is 3.88. The van der Waals surface area contributed by atoms with Crippen LogP contribution in [0.5, 0.6) is 5.75 Å². The van der Waals surface area contributed by atoms with Crippen LogP contribution in [0.1, 0.15) is 52.7 Å². The van der Waals surface area contributed by atoms with Crippen molar-refractivity contribution in [2.75, 3.05) is 13.2 Å². The first-order chi connectivity index (χ1) is 13.4. The van der Waals surface area contributed by atoms with Crippen molar-refractivity contribution in [3.05, 3.63) is 35.4 Å². The lowest BCUT2D eigenvalue weighted by atomic mass is 10.1. The van der Waals surface area contributed by atoms with E-state index in [9.17, 15) is 14.7 Å². The van der Waals surface area contributed by atoms with Gasteiger partial charge >= 0.3 is 12.2 Å². The van der Waals surface area contributed by atoms with Crippen molar-refractivity contribution in [3.8, 4) is 5.75 Å². The maximum absolute atomic E-state index is 12.5. The molecule has 160 valence electrons. The van der Waals surface area contributed by atoms with Gasteiger partial charge in [-0.25, -0.2) is 14.5 Å². The van der Waals surface area contributed by atoms with Gasteiger partial charge in [0, 0.05) is 12.0 Å². The lowest BCUT2D eigenvalue weighted by Crippen LogP contribution is -2.43. The van der Waals surface area contributed by atoms with Gasteiger partial charge in [-0.3, -0.25) is 0 Å². The molecular formula is C22H31NO6. The van der Waals surface area contributed by atoms with Crippen LogP contribution in [0.2, 0.25) is 0 Å². The number of amides is 2. The number of para-hydroxylation sites is 1. The molecule has 1 aliphatic rings. The molecule has 0 saturated carbocycles. The molecule has 0 fully saturated rings. The lowest BCUT2D eigenvalue weighted by Gasteiger charge is -2.28. The van der Waals surface area contributed by atoms with E-state index < -0.39 is 23.4 Å². The van der Waals surface area contributed by atoms with Gasteiger partial charge in [-0.15, -0.1) is 0 Å². The molecular weight excluding hydrogens is 374 g/mol. The zero-order chi connectivity index (χ0) is 21.8. The Kier molecular flexibility index (Phi) is 6.95. The second-order valence-corrected chi connectivity index (χ2v) is 8.94. The molecule has 2 amide bonds. The summed E-state index contributed by atoms with van der Waals surface area (Å²) in [5.74, 6) is 0.712. The normalized spacial score (nSPS) is 16.3. The van der Waals surface area contributed by atoms with Crippen molar-refractivity contribution >= 4 is 18.3 Å². The average molecular weight is 405 g/mol. The number of carbonyl (C=O) groups is 2. The fourth-order valence-corrected chi connectivity index (χ4v) is 2.74. The SMILES string of the molecule is CC(C)(C)OC(=O)N(C/C=C/c1cccc2c1OC(CO)C2)C(=O)OC(C)(C)C. The summed E-state index contributed by atoms with van der Waals surface area (Å²) >= 11 is 0. The highest BCUT2D eigenvalue weighted by molar-refractivity contribution is 5.88. The van der Waals surface area contributed by atoms with Crippen LogP contribution in [-0.2, 0) is 15.9 Å². The quantitative estimate of drug-likeness (QED) is 0.809. The van der Waals surface area contributed by atoms with Crippen LogP contribution in [0, 0.1) is 0 Å². The first kappa shape index (κ1) is 22.7. The Morgan fingerprint density at radius 3 is 2.24 bits per heavy atom. The maximum Gasteiger partial charge on any atom is 0.420 e. The number of aliphatic hydroxyl groups excluding tert-OH is 1. The highest BCUT2D eigenvalue weighted by Crippen LogP contribution is 2.33. The van der Waals surface area contributed by atoms with Gasteiger partial charge in [0.25, 0.3) is 0 Å². The Labute approximate surface area is 172 Å². The van der Waals surface area contributed by atoms with Gasteiger partial charge in [-0.05, 0) is 47.1 Å². The largest absolute Gasteiger partial charge is 0.487 e. The van der Waals surface area contributed by atoms with E-state index in [2.05, 4.69) is 0 Å². The standard InChI is InChI=1S/C22H31NO6/c1-21(2,3)28-19(25)23(20(26)29-22(4,5)6)12-8-11-15-9-7-10-16-13-17(14-24)27-18(15)16/h7-11,17,24H,12-14H2,1-6H3/b11-8+. The number of benzene rings is 1. The number of fused-ring (bicyclic) bond motifs is 1. The zero-order valence-electron chi connectivity index (χ0n) is 18.0. The molecule has 1 N–H and O–H groups in total. The molecule has 7 heteroatoms. The van der Waals surface area contributed by atoms with E-state index in [4.69, 9.17) is 14.2 Å². The topological polar surface area (TPSA) is 85.3 Å². The smallest absolute Gasteiger partial charge is 0.420 e. The molecule has 0 spiro atoms. The molecule has 29 heavy (non-hydrogen) atoms. The van der Waals surface area contributed by atoms with E-state index in [1.54, 1.807) is 53.7 Å². The van der Waals surface area contributed by atoms with E-state index in [1.165, 1.54) is 0 Å². The molecule has 1 aromatic rings. The Bertz CT molecular complexity index is 744. The molecule has 0 radical (unpaired) electrons. The summed E-state index contributed by atoms with van der Waals surface area (Å²) in [6.45, 7) is 10.3. The number of aliphatic hydroxyl groups is 1.